The summed E-state index contributed by atoms with van der Waals surface area (Å²) in [6, 6.07) is 9.25. The molecule has 0 amide bonds. The van der Waals surface area contributed by atoms with Gasteiger partial charge in [0, 0.05) is 18.0 Å². The summed E-state index contributed by atoms with van der Waals surface area (Å²) in [6.07, 6.45) is 6.24. The Morgan fingerprint density at radius 3 is 2.77 bits per heavy atom. The van der Waals surface area contributed by atoms with Gasteiger partial charge in [-0.2, -0.15) is 14.7 Å². The predicted molar refractivity (Wildman–Crippen MR) is 114 cm³/mol. The number of nitrogens with zero attached hydrogens (tertiary/aromatic N) is 7. The van der Waals surface area contributed by atoms with Gasteiger partial charge in [0.05, 0.1) is 24.4 Å². The van der Waals surface area contributed by atoms with Crippen molar-refractivity contribution in [3.63, 3.8) is 0 Å². The second kappa shape index (κ2) is 9.29. The van der Waals surface area contributed by atoms with E-state index in [2.05, 4.69) is 35.8 Å². The molecule has 31 heavy (non-hydrogen) atoms. The molecule has 0 aliphatic carbocycles. The van der Waals surface area contributed by atoms with Crippen molar-refractivity contribution in [1.29, 1.82) is 5.26 Å². The molecule has 1 atom stereocenters. The number of anilines is 2. The van der Waals surface area contributed by atoms with E-state index in [-0.39, 0.29) is 12.7 Å². The van der Waals surface area contributed by atoms with Gasteiger partial charge >= 0.3 is 0 Å². The van der Waals surface area contributed by atoms with Crippen molar-refractivity contribution >= 4 is 22.5 Å². The van der Waals surface area contributed by atoms with Crippen molar-refractivity contribution < 1.29 is 9.84 Å². The highest BCUT2D eigenvalue weighted by atomic mass is 32.1. The normalized spacial score (nSPS) is 11.6. The molecule has 0 fully saturated rings. The van der Waals surface area contributed by atoms with Crippen LogP contribution in [0.25, 0.3) is 11.1 Å². The summed E-state index contributed by atoms with van der Waals surface area (Å²) in [6.45, 7) is 2.30. The third-order valence-electron chi connectivity index (χ3n) is 4.28. The lowest BCUT2D eigenvalue weighted by Gasteiger charge is -2.16. The highest BCUT2D eigenvalue weighted by molar-refractivity contribution is 7.10. The lowest BCUT2D eigenvalue weighted by atomic mass is 10.1. The summed E-state index contributed by atoms with van der Waals surface area (Å²) < 4.78 is 11.8. The van der Waals surface area contributed by atoms with E-state index in [1.54, 1.807) is 41.6 Å². The highest BCUT2D eigenvalue weighted by Gasteiger charge is 2.12. The quantitative estimate of drug-likeness (QED) is 0.429. The third kappa shape index (κ3) is 5.00. The van der Waals surface area contributed by atoms with E-state index in [0.717, 1.165) is 16.1 Å². The van der Waals surface area contributed by atoms with E-state index in [1.807, 2.05) is 13.0 Å². The molecule has 4 aromatic rings. The number of aliphatic hydroxyl groups is 1. The van der Waals surface area contributed by atoms with Crippen molar-refractivity contribution in [3.8, 4) is 22.9 Å². The fourth-order valence-corrected chi connectivity index (χ4v) is 3.49. The molecule has 0 saturated carbocycles. The third-order valence-corrected chi connectivity index (χ3v) is 5.02. The van der Waals surface area contributed by atoms with Gasteiger partial charge in [-0.25, -0.2) is 19.6 Å². The van der Waals surface area contributed by atoms with Crippen molar-refractivity contribution in [2.45, 2.75) is 26.2 Å². The van der Waals surface area contributed by atoms with Gasteiger partial charge in [-0.1, -0.05) is 6.07 Å². The molecule has 4 rings (SSSR count). The van der Waals surface area contributed by atoms with Crippen LogP contribution >= 0.6 is 11.5 Å². The number of ether oxygens (including phenoxy) is 1. The Morgan fingerprint density at radius 1 is 1.26 bits per heavy atom. The van der Waals surface area contributed by atoms with Crippen LogP contribution in [0.1, 0.15) is 18.2 Å². The molecule has 0 bridgehead atoms. The first-order valence-corrected chi connectivity index (χ1v) is 10.1. The van der Waals surface area contributed by atoms with Crippen LogP contribution in [0.3, 0.4) is 0 Å². The zero-order valence-electron chi connectivity index (χ0n) is 16.5. The average molecular weight is 434 g/mol. The Labute approximate surface area is 182 Å². The van der Waals surface area contributed by atoms with Crippen LogP contribution in [0.15, 0.2) is 49.3 Å². The number of benzene rings is 1. The first-order chi connectivity index (χ1) is 15.1. The van der Waals surface area contributed by atoms with Gasteiger partial charge in [0.2, 0.25) is 5.95 Å². The maximum Gasteiger partial charge on any atom is 0.227 e. The fourth-order valence-electron chi connectivity index (χ4n) is 2.83. The van der Waals surface area contributed by atoms with E-state index in [4.69, 9.17) is 9.84 Å². The smallest absolute Gasteiger partial charge is 0.227 e. The number of rotatable bonds is 8. The summed E-state index contributed by atoms with van der Waals surface area (Å²) in [5.41, 5.74) is 2.64. The van der Waals surface area contributed by atoms with Gasteiger partial charge in [0.15, 0.2) is 0 Å². The van der Waals surface area contributed by atoms with Crippen LogP contribution in [-0.2, 0) is 13.2 Å². The molecule has 1 unspecified atom stereocenters. The molecule has 3 heterocycles. The number of nitrogens with one attached hydrogen (secondary N) is 1. The molecule has 0 radical (unpaired) electrons. The maximum atomic E-state index is 9.44. The minimum absolute atomic E-state index is 0.113. The van der Waals surface area contributed by atoms with E-state index >= 15 is 0 Å². The SMILES string of the molecule is CC(Cn1cncn1)Oc1cc(-c2cnc(Nc3cc(CO)ns3)nc2)ccc1C#N. The van der Waals surface area contributed by atoms with Crippen molar-refractivity contribution in [2.75, 3.05) is 5.32 Å². The van der Waals surface area contributed by atoms with Gasteiger partial charge in [-0.05, 0) is 42.2 Å². The number of aromatic nitrogens is 6. The summed E-state index contributed by atoms with van der Waals surface area (Å²) in [5, 5.41) is 26.4. The van der Waals surface area contributed by atoms with Crippen molar-refractivity contribution in [2.24, 2.45) is 0 Å². The first kappa shape index (κ1) is 20.4. The van der Waals surface area contributed by atoms with Crippen molar-refractivity contribution in [1.82, 2.24) is 29.1 Å². The number of nitriles is 1. The zero-order valence-corrected chi connectivity index (χ0v) is 17.3. The van der Waals surface area contributed by atoms with Crippen LogP contribution in [0.4, 0.5) is 10.9 Å². The Kier molecular flexibility index (Phi) is 6.11. The summed E-state index contributed by atoms with van der Waals surface area (Å²) in [4.78, 5) is 12.6. The Bertz CT molecular complexity index is 1180. The Morgan fingerprint density at radius 2 is 2.10 bits per heavy atom. The van der Waals surface area contributed by atoms with Crippen LogP contribution in [-0.4, -0.2) is 40.3 Å². The molecule has 0 spiro atoms. The molecular weight excluding hydrogens is 416 g/mol. The minimum Gasteiger partial charge on any atom is -0.487 e. The highest BCUT2D eigenvalue weighted by Crippen LogP contribution is 2.28. The lowest BCUT2D eigenvalue weighted by Crippen LogP contribution is -2.20. The topological polar surface area (TPSA) is 135 Å². The molecule has 1 aromatic carbocycles. The maximum absolute atomic E-state index is 9.44. The molecule has 156 valence electrons. The largest absolute Gasteiger partial charge is 0.487 e. The summed E-state index contributed by atoms with van der Waals surface area (Å²) in [5.74, 6) is 0.902. The van der Waals surface area contributed by atoms with Crippen LogP contribution in [0, 0.1) is 11.3 Å². The second-order valence-corrected chi connectivity index (χ2v) is 7.43. The minimum atomic E-state index is -0.213. The van der Waals surface area contributed by atoms with Crippen LogP contribution in [0.5, 0.6) is 5.75 Å². The van der Waals surface area contributed by atoms with Gasteiger partial charge in [-0.15, -0.1) is 0 Å². The first-order valence-electron chi connectivity index (χ1n) is 9.33. The van der Waals surface area contributed by atoms with Crippen LogP contribution in [0.2, 0.25) is 0 Å². The molecular formula is C20H18N8O2S. The van der Waals surface area contributed by atoms with Crippen molar-refractivity contribution in [3.05, 3.63) is 60.6 Å². The lowest BCUT2D eigenvalue weighted by molar-refractivity contribution is 0.193. The molecule has 11 heteroatoms. The molecule has 3 aromatic heterocycles. The summed E-state index contributed by atoms with van der Waals surface area (Å²) in [7, 11) is 0. The second-order valence-electron chi connectivity index (χ2n) is 6.63. The number of hydrogen-bond acceptors (Lipinski definition) is 10. The standard InChI is InChI=1S/C20H18N8O2S/c1-13(9-28-12-22-11-25-28)30-18-4-14(2-3-15(18)6-21)16-7-23-20(24-8-16)26-19-5-17(10-29)27-31-19/h2-5,7-8,11-13,29H,9-10H2,1H3,(H,23,24,26). The van der Waals surface area contributed by atoms with E-state index < -0.39 is 0 Å². The van der Waals surface area contributed by atoms with E-state index in [9.17, 15) is 5.26 Å². The average Bonchev–Trinajstić information content (AvgIpc) is 3.46. The molecule has 10 nitrogen and oxygen atoms in total. The van der Waals surface area contributed by atoms with Gasteiger partial charge < -0.3 is 15.2 Å². The number of aliphatic hydroxyl groups excluding tert-OH is 1. The van der Waals surface area contributed by atoms with Gasteiger partial charge in [0.25, 0.3) is 0 Å². The predicted octanol–water partition coefficient (Wildman–Crippen LogP) is 2.77. The fraction of sp³-hybridized carbons (Fsp3) is 0.200. The molecule has 0 saturated heterocycles. The van der Waals surface area contributed by atoms with Gasteiger partial charge in [0.1, 0.15) is 35.6 Å². The summed E-state index contributed by atoms with van der Waals surface area (Å²) >= 11 is 1.22. The number of hydrogen-bond donors (Lipinski definition) is 2. The molecule has 2 N–H and O–H groups in total. The monoisotopic (exact) mass is 434 g/mol. The molecule has 0 aliphatic rings. The van der Waals surface area contributed by atoms with E-state index in [0.29, 0.717) is 29.5 Å². The van der Waals surface area contributed by atoms with E-state index in [1.165, 1.54) is 17.9 Å². The Hall–Kier alpha value is -3.88. The zero-order chi connectivity index (χ0) is 21.6. The van der Waals surface area contributed by atoms with Gasteiger partial charge in [-0.3, -0.25) is 0 Å². The Balaban J connectivity index is 1.49. The molecule has 0 aliphatic heterocycles. The van der Waals surface area contributed by atoms with Crippen LogP contribution < -0.4 is 10.1 Å².